The van der Waals surface area contributed by atoms with Crippen LogP contribution in [0.2, 0.25) is 0 Å². The van der Waals surface area contributed by atoms with Gasteiger partial charge in [-0.05, 0) is 17.0 Å². The Balaban J connectivity index is 3.02. The summed E-state index contributed by atoms with van der Waals surface area (Å²) in [5, 5.41) is 28.0. The molecule has 2 atom stereocenters. The molecule has 1 aromatic carbocycles. The summed E-state index contributed by atoms with van der Waals surface area (Å²) in [6.07, 6.45) is -2.14. The molecule has 1 aromatic rings. The summed E-state index contributed by atoms with van der Waals surface area (Å²) >= 11 is 0. The molecule has 0 saturated heterocycles. The van der Waals surface area contributed by atoms with Crippen molar-refractivity contribution in [3.05, 3.63) is 35.4 Å². The SMILES string of the molecule is CC(C)c1ccccc1C(O)C(O)CO. The summed E-state index contributed by atoms with van der Waals surface area (Å²) in [6, 6.07) is 7.41. The summed E-state index contributed by atoms with van der Waals surface area (Å²) in [6.45, 7) is 3.61. The second kappa shape index (κ2) is 5.26. The van der Waals surface area contributed by atoms with E-state index in [9.17, 15) is 10.2 Å². The molecule has 3 heteroatoms. The van der Waals surface area contributed by atoms with Gasteiger partial charge in [0, 0.05) is 0 Å². The highest BCUT2D eigenvalue weighted by Gasteiger charge is 2.20. The van der Waals surface area contributed by atoms with Crippen molar-refractivity contribution in [2.75, 3.05) is 6.61 Å². The fourth-order valence-electron chi connectivity index (χ4n) is 1.61. The van der Waals surface area contributed by atoms with Crippen LogP contribution >= 0.6 is 0 Å². The Morgan fingerprint density at radius 2 is 1.60 bits per heavy atom. The Kier molecular flexibility index (Phi) is 4.27. The highest BCUT2D eigenvalue weighted by molar-refractivity contribution is 5.32. The number of aliphatic hydroxyl groups is 3. The van der Waals surface area contributed by atoms with Crippen LogP contribution in [-0.4, -0.2) is 28.0 Å². The minimum atomic E-state index is -1.12. The molecule has 15 heavy (non-hydrogen) atoms. The monoisotopic (exact) mass is 210 g/mol. The predicted molar refractivity (Wildman–Crippen MR) is 58.6 cm³/mol. The molecule has 0 aliphatic heterocycles. The third kappa shape index (κ3) is 2.78. The van der Waals surface area contributed by atoms with Gasteiger partial charge >= 0.3 is 0 Å². The van der Waals surface area contributed by atoms with Crippen molar-refractivity contribution in [2.45, 2.75) is 32.0 Å². The van der Waals surface area contributed by atoms with Crippen molar-refractivity contribution < 1.29 is 15.3 Å². The van der Waals surface area contributed by atoms with Gasteiger partial charge in [0.2, 0.25) is 0 Å². The zero-order valence-corrected chi connectivity index (χ0v) is 9.09. The van der Waals surface area contributed by atoms with Crippen LogP contribution in [0, 0.1) is 0 Å². The lowest BCUT2D eigenvalue weighted by molar-refractivity contribution is -0.0157. The fourth-order valence-corrected chi connectivity index (χ4v) is 1.61. The smallest absolute Gasteiger partial charge is 0.107 e. The van der Waals surface area contributed by atoms with E-state index < -0.39 is 18.8 Å². The first kappa shape index (κ1) is 12.2. The maximum absolute atomic E-state index is 9.81. The fraction of sp³-hybridized carbons (Fsp3) is 0.500. The third-order valence-corrected chi connectivity index (χ3v) is 2.49. The third-order valence-electron chi connectivity index (χ3n) is 2.49. The Bertz CT molecular complexity index is 309. The lowest BCUT2D eigenvalue weighted by Crippen LogP contribution is -2.23. The molecule has 84 valence electrons. The van der Waals surface area contributed by atoms with Crippen LogP contribution in [0.25, 0.3) is 0 Å². The van der Waals surface area contributed by atoms with Crippen LogP contribution in [0.1, 0.15) is 37.0 Å². The van der Waals surface area contributed by atoms with E-state index in [2.05, 4.69) is 0 Å². The Labute approximate surface area is 90.0 Å². The zero-order chi connectivity index (χ0) is 11.4. The van der Waals surface area contributed by atoms with Crippen LogP contribution in [0.3, 0.4) is 0 Å². The predicted octanol–water partition coefficient (Wildman–Crippen LogP) is 1.20. The van der Waals surface area contributed by atoms with Crippen LogP contribution in [-0.2, 0) is 0 Å². The Hall–Kier alpha value is -0.900. The number of benzene rings is 1. The minimum absolute atomic E-state index is 0.279. The molecule has 3 N–H and O–H groups in total. The molecule has 3 nitrogen and oxygen atoms in total. The lowest BCUT2D eigenvalue weighted by atomic mass is 9.92. The average molecular weight is 210 g/mol. The zero-order valence-electron chi connectivity index (χ0n) is 9.09. The molecule has 0 saturated carbocycles. The second-order valence-corrected chi connectivity index (χ2v) is 3.98. The van der Waals surface area contributed by atoms with Gasteiger partial charge in [-0.15, -0.1) is 0 Å². The van der Waals surface area contributed by atoms with Crippen LogP contribution in [0.15, 0.2) is 24.3 Å². The topological polar surface area (TPSA) is 60.7 Å². The molecule has 0 heterocycles. The van der Waals surface area contributed by atoms with Crippen LogP contribution in [0.5, 0.6) is 0 Å². The first-order valence-electron chi connectivity index (χ1n) is 5.13. The first-order chi connectivity index (χ1) is 7.07. The summed E-state index contributed by atoms with van der Waals surface area (Å²) < 4.78 is 0. The van der Waals surface area contributed by atoms with Gasteiger partial charge in [0.15, 0.2) is 0 Å². The van der Waals surface area contributed by atoms with E-state index in [1.165, 1.54) is 0 Å². The number of rotatable bonds is 4. The summed E-state index contributed by atoms with van der Waals surface area (Å²) in [5.41, 5.74) is 1.69. The van der Waals surface area contributed by atoms with Gasteiger partial charge in [-0.25, -0.2) is 0 Å². The first-order valence-corrected chi connectivity index (χ1v) is 5.13. The number of hydrogen-bond acceptors (Lipinski definition) is 3. The average Bonchev–Trinajstić information content (AvgIpc) is 2.27. The minimum Gasteiger partial charge on any atom is -0.394 e. The summed E-state index contributed by atoms with van der Waals surface area (Å²) in [4.78, 5) is 0. The quantitative estimate of drug-likeness (QED) is 0.699. The van der Waals surface area contributed by atoms with Crippen LogP contribution in [0.4, 0.5) is 0 Å². The van der Waals surface area contributed by atoms with Gasteiger partial charge in [0.05, 0.1) is 6.61 Å². The lowest BCUT2D eigenvalue weighted by Gasteiger charge is -2.20. The van der Waals surface area contributed by atoms with Gasteiger partial charge < -0.3 is 15.3 Å². The van der Waals surface area contributed by atoms with Crippen molar-refractivity contribution in [1.82, 2.24) is 0 Å². The van der Waals surface area contributed by atoms with E-state index in [4.69, 9.17) is 5.11 Å². The molecule has 0 radical (unpaired) electrons. The molecular weight excluding hydrogens is 192 g/mol. The molecule has 0 aliphatic rings. The molecule has 0 fully saturated rings. The molecule has 0 aliphatic carbocycles. The van der Waals surface area contributed by atoms with E-state index in [0.717, 1.165) is 5.56 Å². The van der Waals surface area contributed by atoms with E-state index >= 15 is 0 Å². The Morgan fingerprint density at radius 3 is 2.07 bits per heavy atom. The van der Waals surface area contributed by atoms with E-state index in [-0.39, 0.29) is 5.92 Å². The van der Waals surface area contributed by atoms with Crippen molar-refractivity contribution in [1.29, 1.82) is 0 Å². The maximum atomic E-state index is 9.81. The largest absolute Gasteiger partial charge is 0.394 e. The Morgan fingerprint density at radius 1 is 1.07 bits per heavy atom. The summed E-state index contributed by atoms with van der Waals surface area (Å²) in [7, 11) is 0. The van der Waals surface area contributed by atoms with E-state index in [0.29, 0.717) is 5.56 Å². The van der Waals surface area contributed by atoms with Gasteiger partial charge in [0.1, 0.15) is 12.2 Å². The molecule has 0 aromatic heterocycles. The van der Waals surface area contributed by atoms with E-state index in [1.54, 1.807) is 6.07 Å². The van der Waals surface area contributed by atoms with Crippen molar-refractivity contribution >= 4 is 0 Å². The molecule has 0 bridgehead atoms. The molecule has 1 rings (SSSR count). The number of aliphatic hydroxyl groups excluding tert-OH is 3. The van der Waals surface area contributed by atoms with Crippen LogP contribution < -0.4 is 0 Å². The van der Waals surface area contributed by atoms with Gasteiger partial charge in [0.25, 0.3) is 0 Å². The highest BCUT2D eigenvalue weighted by atomic mass is 16.4. The van der Waals surface area contributed by atoms with Gasteiger partial charge in [-0.1, -0.05) is 38.1 Å². The van der Waals surface area contributed by atoms with E-state index in [1.807, 2.05) is 32.0 Å². The maximum Gasteiger partial charge on any atom is 0.107 e. The molecule has 0 spiro atoms. The van der Waals surface area contributed by atoms with Crippen molar-refractivity contribution in [3.63, 3.8) is 0 Å². The standard InChI is InChI=1S/C12H18O3/c1-8(2)9-5-3-4-6-10(9)12(15)11(14)7-13/h3-6,8,11-15H,7H2,1-2H3. The van der Waals surface area contributed by atoms with Gasteiger partial charge in [-0.3, -0.25) is 0 Å². The molecule has 0 amide bonds. The molecule has 2 unspecified atom stereocenters. The normalized spacial score (nSPS) is 15.3. The van der Waals surface area contributed by atoms with Gasteiger partial charge in [-0.2, -0.15) is 0 Å². The highest BCUT2D eigenvalue weighted by Crippen LogP contribution is 2.26. The van der Waals surface area contributed by atoms with Crippen molar-refractivity contribution in [3.8, 4) is 0 Å². The molecular formula is C12H18O3. The second-order valence-electron chi connectivity index (χ2n) is 3.98. The summed E-state index contributed by atoms with van der Waals surface area (Å²) in [5.74, 6) is 0.279. The van der Waals surface area contributed by atoms with Crippen molar-refractivity contribution in [2.24, 2.45) is 0 Å². The number of hydrogen-bond donors (Lipinski definition) is 3.